The molecule has 1 fully saturated rings. The molecule has 23 heavy (non-hydrogen) atoms. The Kier molecular flexibility index (Phi) is 5.66. The van der Waals surface area contributed by atoms with Crippen molar-refractivity contribution in [3.8, 4) is 17.6 Å². The summed E-state index contributed by atoms with van der Waals surface area (Å²) in [5.74, 6) is 0.670. The summed E-state index contributed by atoms with van der Waals surface area (Å²) in [5.41, 5.74) is 0.722. The van der Waals surface area contributed by atoms with Crippen LogP contribution in [0.5, 0.6) is 11.5 Å². The van der Waals surface area contributed by atoms with Crippen LogP contribution in [0.1, 0.15) is 19.4 Å². The van der Waals surface area contributed by atoms with Crippen molar-refractivity contribution in [3.05, 3.63) is 28.7 Å². The summed E-state index contributed by atoms with van der Waals surface area (Å²) in [6.07, 6.45) is 1.65. The fraction of sp³-hybridized carbons (Fsp3) is 0.312. The number of hydrogen-bond acceptors (Lipinski definition) is 6. The smallest absolute Gasteiger partial charge is 0.293 e. The van der Waals surface area contributed by atoms with Crippen molar-refractivity contribution in [1.82, 2.24) is 4.90 Å². The van der Waals surface area contributed by atoms with Crippen LogP contribution in [0.25, 0.3) is 6.08 Å². The summed E-state index contributed by atoms with van der Waals surface area (Å²) >= 11 is 0.922. The molecule has 1 heterocycles. The van der Waals surface area contributed by atoms with E-state index in [1.807, 2.05) is 13.0 Å². The van der Waals surface area contributed by atoms with Gasteiger partial charge in [-0.25, -0.2) is 0 Å². The highest BCUT2D eigenvalue weighted by atomic mass is 32.2. The molecule has 0 N–H and O–H groups in total. The standard InChI is InChI=1S/C16H16N2O4S/c1-3-18-15(19)14(23-16(18)20)10-11-5-6-12(22-8-7-17)13(9-11)21-4-2/h5-6,9-10H,3-4,8H2,1-2H3/b14-10-. The minimum absolute atomic E-state index is 0.0746. The maximum absolute atomic E-state index is 12.1. The normalized spacial score (nSPS) is 15.9. The van der Waals surface area contributed by atoms with E-state index >= 15 is 0 Å². The van der Waals surface area contributed by atoms with Crippen LogP contribution in [0.2, 0.25) is 0 Å². The van der Waals surface area contributed by atoms with Gasteiger partial charge >= 0.3 is 0 Å². The molecule has 0 saturated carbocycles. The third kappa shape index (κ3) is 3.85. The number of carbonyl (C=O) groups is 2. The third-order valence-corrected chi connectivity index (χ3v) is 3.95. The minimum atomic E-state index is -0.287. The minimum Gasteiger partial charge on any atom is -0.490 e. The summed E-state index contributed by atoms with van der Waals surface area (Å²) < 4.78 is 10.8. The summed E-state index contributed by atoms with van der Waals surface area (Å²) in [4.78, 5) is 25.4. The molecule has 0 unspecified atom stereocenters. The van der Waals surface area contributed by atoms with Gasteiger partial charge in [0.2, 0.25) is 0 Å². The molecular formula is C16H16N2O4S. The Bertz CT molecular complexity index is 694. The van der Waals surface area contributed by atoms with Gasteiger partial charge in [0, 0.05) is 6.54 Å². The van der Waals surface area contributed by atoms with Gasteiger partial charge in [-0.2, -0.15) is 5.26 Å². The van der Waals surface area contributed by atoms with Gasteiger partial charge in [-0.1, -0.05) is 6.07 Å². The van der Waals surface area contributed by atoms with E-state index in [0.29, 0.717) is 29.6 Å². The van der Waals surface area contributed by atoms with E-state index in [0.717, 1.165) is 17.3 Å². The summed E-state index contributed by atoms with van der Waals surface area (Å²) in [5, 5.41) is 8.33. The number of amides is 2. The molecule has 120 valence electrons. The highest BCUT2D eigenvalue weighted by molar-refractivity contribution is 8.18. The predicted molar refractivity (Wildman–Crippen MR) is 87.1 cm³/mol. The van der Waals surface area contributed by atoms with Gasteiger partial charge in [0.25, 0.3) is 11.1 Å². The first kappa shape index (κ1) is 16.9. The first-order valence-electron chi connectivity index (χ1n) is 7.12. The molecule has 0 radical (unpaired) electrons. The second kappa shape index (κ2) is 7.70. The van der Waals surface area contributed by atoms with Crippen LogP contribution < -0.4 is 9.47 Å². The highest BCUT2D eigenvalue weighted by Crippen LogP contribution is 2.34. The average molecular weight is 332 g/mol. The van der Waals surface area contributed by atoms with Crippen LogP contribution in [-0.4, -0.2) is 35.8 Å². The molecule has 1 aliphatic rings. The van der Waals surface area contributed by atoms with E-state index in [1.165, 1.54) is 4.90 Å². The number of nitriles is 1. The SMILES string of the molecule is CCOc1cc(/C=C2\SC(=O)N(CC)C2=O)ccc1OCC#N. The lowest BCUT2D eigenvalue weighted by Crippen LogP contribution is -2.27. The molecule has 0 aliphatic carbocycles. The van der Waals surface area contributed by atoms with Crippen molar-refractivity contribution >= 4 is 29.0 Å². The number of nitrogens with zero attached hydrogens (tertiary/aromatic N) is 2. The monoisotopic (exact) mass is 332 g/mol. The average Bonchev–Trinajstić information content (AvgIpc) is 2.80. The van der Waals surface area contributed by atoms with Crippen LogP contribution in [-0.2, 0) is 4.79 Å². The molecule has 1 aliphatic heterocycles. The predicted octanol–water partition coefficient (Wildman–Crippen LogP) is 3.04. The van der Waals surface area contributed by atoms with Crippen molar-refractivity contribution in [1.29, 1.82) is 5.26 Å². The first-order valence-corrected chi connectivity index (χ1v) is 7.94. The van der Waals surface area contributed by atoms with Crippen LogP contribution >= 0.6 is 11.8 Å². The van der Waals surface area contributed by atoms with E-state index in [9.17, 15) is 9.59 Å². The number of carbonyl (C=O) groups excluding carboxylic acids is 2. The summed E-state index contributed by atoms with van der Waals surface area (Å²) in [7, 11) is 0. The van der Waals surface area contributed by atoms with Gasteiger partial charge < -0.3 is 9.47 Å². The second-order valence-corrected chi connectivity index (χ2v) is 5.51. The van der Waals surface area contributed by atoms with E-state index in [1.54, 1.807) is 31.2 Å². The molecule has 2 rings (SSSR count). The molecule has 0 aromatic heterocycles. The van der Waals surface area contributed by atoms with E-state index in [-0.39, 0.29) is 17.8 Å². The number of ether oxygens (including phenoxy) is 2. The van der Waals surface area contributed by atoms with Gasteiger partial charge in [-0.05, 0) is 49.4 Å². The quantitative estimate of drug-likeness (QED) is 0.745. The number of hydrogen-bond donors (Lipinski definition) is 0. The fourth-order valence-electron chi connectivity index (χ4n) is 2.04. The second-order valence-electron chi connectivity index (χ2n) is 4.51. The molecule has 0 atom stereocenters. The maximum atomic E-state index is 12.1. The Morgan fingerprint density at radius 2 is 2.04 bits per heavy atom. The van der Waals surface area contributed by atoms with Gasteiger partial charge in [0.1, 0.15) is 6.07 Å². The highest BCUT2D eigenvalue weighted by Gasteiger charge is 2.33. The Balaban J connectivity index is 2.28. The van der Waals surface area contributed by atoms with Crippen molar-refractivity contribution in [2.75, 3.05) is 19.8 Å². The summed E-state index contributed by atoms with van der Waals surface area (Å²) in [6, 6.07) is 7.04. The molecule has 0 bridgehead atoms. The Hall–Kier alpha value is -2.46. The lowest BCUT2D eigenvalue weighted by molar-refractivity contribution is -0.122. The fourth-order valence-corrected chi connectivity index (χ4v) is 2.94. The zero-order chi connectivity index (χ0) is 16.8. The van der Waals surface area contributed by atoms with Crippen molar-refractivity contribution < 1.29 is 19.1 Å². The van der Waals surface area contributed by atoms with Crippen LogP contribution in [0, 0.1) is 11.3 Å². The van der Waals surface area contributed by atoms with Crippen molar-refractivity contribution in [2.24, 2.45) is 0 Å². The van der Waals surface area contributed by atoms with Gasteiger partial charge in [0.15, 0.2) is 18.1 Å². The lowest BCUT2D eigenvalue weighted by atomic mass is 10.2. The van der Waals surface area contributed by atoms with E-state index in [2.05, 4.69) is 0 Å². The Morgan fingerprint density at radius 1 is 1.26 bits per heavy atom. The number of benzene rings is 1. The number of rotatable bonds is 6. The molecule has 6 nitrogen and oxygen atoms in total. The van der Waals surface area contributed by atoms with Gasteiger partial charge in [-0.3, -0.25) is 14.5 Å². The van der Waals surface area contributed by atoms with E-state index < -0.39 is 0 Å². The zero-order valence-electron chi connectivity index (χ0n) is 12.9. The van der Waals surface area contributed by atoms with Crippen molar-refractivity contribution in [2.45, 2.75) is 13.8 Å². The molecule has 1 aromatic carbocycles. The largest absolute Gasteiger partial charge is 0.490 e. The molecule has 7 heteroatoms. The number of imide groups is 1. The Morgan fingerprint density at radius 3 is 2.65 bits per heavy atom. The topological polar surface area (TPSA) is 79.6 Å². The molecule has 2 amide bonds. The van der Waals surface area contributed by atoms with Crippen LogP contribution in [0.15, 0.2) is 23.1 Å². The number of thioether (sulfide) groups is 1. The van der Waals surface area contributed by atoms with Crippen LogP contribution in [0.4, 0.5) is 4.79 Å². The number of likely N-dealkylation sites (N-methyl/N-ethyl adjacent to an activating group) is 1. The third-order valence-electron chi connectivity index (χ3n) is 3.05. The van der Waals surface area contributed by atoms with Gasteiger partial charge in [-0.15, -0.1) is 0 Å². The molecular weight excluding hydrogens is 316 g/mol. The molecule has 0 spiro atoms. The van der Waals surface area contributed by atoms with E-state index in [4.69, 9.17) is 14.7 Å². The van der Waals surface area contributed by atoms with Gasteiger partial charge in [0.05, 0.1) is 11.5 Å². The summed E-state index contributed by atoms with van der Waals surface area (Å²) in [6.45, 7) is 4.32. The molecule has 1 aromatic rings. The maximum Gasteiger partial charge on any atom is 0.293 e. The molecule has 1 saturated heterocycles. The zero-order valence-corrected chi connectivity index (χ0v) is 13.7. The first-order chi connectivity index (χ1) is 11.1. The van der Waals surface area contributed by atoms with Crippen molar-refractivity contribution in [3.63, 3.8) is 0 Å². The lowest BCUT2D eigenvalue weighted by Gasteiger charge is -2.11. The van der Waals surface area contributed by atoms with Crippen LogP contribution in [0.3, 0.4) is 0 Å². The Labute approximate surface area is 138 Å².